The Labute approximate surface area is 615 Å². The van der Waals surface area contributed by atoms with E-state index in [9.17, 15) is 38.4 Å². The van der Waals surface area contributed by atoms with Crippen LogP contribution in [0.5, 0.6) is 0 Å². The fourth-order valence-corrected chi connectivity index (χ4v) is 15.3. The van der Waals surface area contributed by atoms with Gasteiger partial charge in [-0.25, -0.2) is 24.4 Å². The normalized spacial score (nSPS) is 17.5. The fraction of sp³-hybridized carbons (Fsp3) is 0.398. The molecular formula is C83H95N11O12. The van der Waals surface area contributed by atoms with Crippen molar-refractivity contribution in [3.8, 4) is 44.8 Å². The molecule has 4 aromatic heterocycles. The summed E-state index contributed by atoms with van der Waals surface area (Å²) in [6.45, 7) is 13.3. The number of hydrogen-bond donors (Lipinski definition) is 8. The Bertz CT molecular complexity index is 5020. The average Bonchev–Trinajstić information content (AvgIpc) is 1.04. The number of alkyl carbamates (subject to hydrolysis) is 2. The van der Waals surface area contributed by atoms with Crippen molar-refractivity contribution in [2.75, 3.05) is 41.0 Å². The number of nitrogens with zero attached hydrogens (tertiary/aromatic N) is 4. The molecule has 0 radical (unpaired) electrons. The van der Waals surface area contributed by atoms with E-state index in [0.717, 1.165) is 117 Å². The molecule has 14 rings (SSSR count). The first-order valence-corrected chi connectivity index (χ1v) is 36.9. The van der Waals surface area contributed by atoms with Crippen LogP contribution in [-0.4, -0.2) is 134 Å². The molecule has 6 atom stereocenters. The SMILES string of the molecule is COC(=O)C[C@H](C(=O)N1CCCC1c1cc(=O)c2cc(-c3ccc4cc(-c5cnc([C@@H]6CCCN6C(=O)[C@@H](NC(=O)OC)C(C)C)[nH]5)ccc4c3)ccc2[nH]1)C(C)C.COC(=O)N[C@H](C(=O)O)C(C)C.O=c1cc(C2CCCC2)[nH]c2ccc(-c3ccc4cc(-c5cnc([C@@H]6CCCN6)[nH]5)ccc4c3)cc12. The molecule has 3 aliphatic heterocycles. The summed E-state index contributed by atoms with van der Waals surface area (Å²) in [7, 11) is 3.81. The number of carbonyl (C=O) groups is 6. The molecule has 4 amide bonds. The van der Waals surface area contributed by atoms with Crippen molar-refractivity contribution in [3.05, 3.63) is 177 Å². The van der Waals surface area contributed by atoms with E-state index in [1.807, 2.05) is 81.3 Å². The van der Waals surface area contributed by atoms with Gasteiger partial charge in [-0.15, -0.1) is 0 Å². The smallest absolute Gasteiger partial charge is 0.407 e. The van der Waals surface area contributed by atoms with Crippen molar-refractivity contribution in [2.24, 2.45) is 23.7 Å². The Morgan fingerprint density at radius 1 is 0.491 bits per heavy atom. The van der Waals surface area contributed by atoms with E-state index in [1.165, 1.54) is 64.2 Å². The van der Waals surface area contributed by atoms with Crippen LogP contribution < -0.4 is 26.8 Å². The Morgan fingerprint density at radius 2 is 0.953 bits per heavy atom. The summed E-state index contributed by atoms with van der Waals surface area (Å²) in [5.41, 5.74) is 11.5. The lowest BCUT2D eigenvalue weighted by molar-refractivity contribution is -0.148. The number of aliphatic carboxylic acids is 1. The zero-order valence-electron chi connectivity index (χ0n) is 61.6. The number of amides is 4. The molecule has 1 aliphatic carbocycles. The van der Waals surface area contributed by atoms with Crippen LogP contribution in [0.3, 0.4) is 0 Å². The number of carboxylic acids is 1. The highest BCUT2D eigenvalue weighted by molar-refractivity contribution is 5.95. The molecule has 1 unspecified atom stereocenters. The van der Waals surface area contributed by atoms with Crippen LogP contribution in [0.25, 0.3) is 88.1 Å². The fourth-order valence-electron chi connectivity index (χ4n) is 15.3. The summed E-state index contributed by atoms with van der Waals surface area (Å²) in [5, 5.41) is 22.8. The Morgan fingerprint density at radius 3 is 1.45 bits per heavy atom. The van der Waals surface area contributed by atoms with Crippen molar-refractivity contribution < 1.29 is 48.1 Å². The summed E-state index contributed by atoms with van der Waals surface area (Å²) in [5.74, 6) is -0.293. The number of pyridine rings is 2. The van der Waals surface area contributed by atoms with Gasteiger partial charge in [0.1, 0.15) is 23.7 Å². The molecule has 0 bridgehead atoms. The number of fused-ring (bicyclic) bond motifs is 4. The van der Waals surface area contributed by atoms with Gasteiger partial charge in [0, 0.05) is 69.5 Å². The number of aromatic amines is 4. The van der Waals surface area contributed by atoms with Crippen LogP contribution in [0, 0.1) is 23.7 Å². The lowest BCUT2D eigenvalue weighted by atomic mass is 9.90. The molecule has 106 heavy (non-hydrogen) atoms. The van der Waals surface area contributed by atoms with Crippen LogP contribution in [0.1, 0.15) is 159 Å². The number of imidazole rings is 2. The lowest BCUT2D eigenvalue weighted by Crippen LogP contribution is -2.51. The third kappa shape index (κ3) is 16.7. The van der Waals surface area contributed by atoms with E-state index in [0.29, 0.717) is 47.5 Å². The first kappa shape index (κ1) is 74.8. The molecule has 23 nitrogen and oxygen atoms in total. The quantitative estimate of drug-likeness (QED) is 0.0292. The number of carbonyl (C=O) groups excluding carboxylic acids is 5. The number of hydrogen-bond acceptors (Lipinski definition) is 14. The van der Waals surface area contributed by atoms with Gasteiger partial charge in [-0.2, -0.15) is 0 Å². The number of H-pyrrole nitrogens is 4. The summed E-state index contributed by atoms with van der Waals surface area (Å²) >= 11 is 0. The van der Waals surface area contributed by atoms with Crippen LogP contribution >= 0.6 is 0 Å². The number of rotatable bonds is 18. The second kappa shape index (κ2) is 33.0. The number of benzene rings is 6. The molecular weight excluding hydrogens is 1340 g/mol. The number of aromatic nitrogens is 6. The van der Waals surface area contributed by atoms with E-state index < -0.39 is 42.1 Å². The molecule has 554 valence electrons. The second-order valence-corrected chi connectivity index (χ2v) is 29.3. The standard InChI is InChI=1S/C45H52N6O7.C31H30N4O.C7H13NO4/c1-25(2)32(22-40(53)57-5)43(54)50-17-7-9-37(50)35-23-39(52)33-21-30(15-16-34(33)47-35)28-11-12-29-20-31(14-13-27(29)19-28)36-24-46-42(48-36)38-10-8-18-51(38)44(55)41(26(3)4)49-45(56)58-6;36-30-17-28(19-4-1-2-5-19)34-26-12-11-23(16-25(26)30)21-7-8-22-15-24(10-9-20(22)14-21)29-18-33-31(35-29)27-6-3-13-32-27;1-4(2)5(6(9)10)8-7(11)12-3/h11-16,19-21,23-26,32,37-38,41H,7-10,17-18,22H2,1-6H3,(H,46,48)(H,47,52)(H,49,56);7-12,14-19,27,32H,1-6,13H2,(H,33,35)(H,34,36);4-5H,1-3H3,(H,8,11)(H,9,10)/t32-,37?,38-,41-;27-;5-/m000/s1. The van der Waals surface area contributed by atoms with Crippen molar-refractivity contribution in [1.29, 1.82) is 0 Å². The predicted molar refractivity (Wildman–Crippen MR) is 410 cm³/mol. The lowest BCUT2D eigenvalue weighted by Gasteiger charge is -2.30. The van der Waals surface area contributed by atoms with Gasteiger partial charge >= 0.3 is 24.1 Å². The van der Waals surface area contributed by atoms with E-state index in [-0.39, 0.29) is 58.9 Å². The van der Waals surface area contributed by atoms with Gasteiger partial charge in [-0.05, 0) is 174 Å². The summed E-state index contributed by atoms with van der Waals surface area (Å²) < 4.78 is 13.9. The van der Waals surface area contributed by atoms with E-state index in [1.54, 1.807) is 31.0 Å². The Balaban J connectivity index is 0.000000185. The first-order chi connectivity index (χ1) is 51.1. The summed E-state index contributed by atoms with van der Waals surface area (Å²) in [6.07, 6.45) is 12.8. The van der Waals surface area contributed by atoms with Gasteiger partial charge < -0.3 is 65.0 Å². The zero-order chi connectivity index (χ0) is 75.0. The van der Waals surface area contributed by atoms with Gasteiger partial charge in [-0.3, -0.25) is 24.0 Å². The Kier molecular flexibility index (Phi) is 23.3. The van der Waals surface area contributed by atoms with Gasteiger partial charge in [0.05, 0.1) is 75.6 Å². The minimum Gasteiger partial charge on any atom is -0.480 e. The maximum absolute atomic E-state index is 13.7. The van der Waals surface area contributed by atoms with Crippen molar-refractivity contribution >= 4 is 79.3 Å². The monoisotopic (exact) mass is 1440 g/mol. The van der Waals surface area contributed by atoms with Crippen molar-refractivity contribution in [1.82, 2.24) is 55.7 Å². The van der Waals surface area contributed by atoms with Crippen LogP contribution in [-0.2, 0) is 33.4 Å². The van der Waals surface area contributed by atoms with Crippen LogP contribution in [0.2, 0.25) is 0 Å². The predicted octanol–water partition coefficient (Wildman–Crippen LogP) is 14.6. The van der Waals surface area contributed by atoms with Gasteiger partial charge in [0.15, 0.2) is 10.9 Å². The van der Waals surface area contributed by atoms with Crippen molar-refractivity contribution in [2.45, 2.75) is 148 Å². The summed E-state index contributed by atoms with van der Waals surface area (Å²) in [6, 6.07) is 39.2. The number of nitrogens with one attached hydrogen (secondary N) is 7. The molecule has 8 N–H and O–H groups in total. The molecule has 0 spiro atoms. The second-order valence-electron chi connectivity index (χ2n) is 29.3. The van der Waals surface area contributed by atoms with Gasteiger partial charge in [0.25, 0.3) is 0 Å². The highest BCUT2D eigenvalue weighted by atomic mass is 16.5. The molecule has 6 aromatic carbocycles. The highest BCUT2D eigenvalue weighted by Crippen LogP contribution is 2.39. The minimum absolute atomic E-state index is 0.0257. The van der Waals surface area contributed by atoms with Crippen molar-refractivity contribution in [3.63, 3.8) is 0 Å². The third-order valence-corrected chi connectivity index (χ3v) is 21.3. The van der Waals surface area contributed by atoms with Crippen LogP contribution in [0.4, 0.5) is 9.59 Å². The van der Waals surface area contributed by atoms with Gasteiger partial charge in [-0.1, -0.05) is 115 Å². The molecule has 4 aliphatic rings. The number of carboxylic acid groups (broad SMARTS) is 1. The molecule has 4 fully saturated rings. The highest BCUT2D eigenvalue weighted by Gasteiger charge is 2.39. The largest absolute Gasteiger partial charge is 0.480 e. The van der Waals surface area contributed by atoms with Gasteiger partial charge in [0.2, 0.25) is 11.8 Å². The van der Waals surface area contributed by atoms with E-state index in [4.69, 9.17) is 19.6 Å². The number of likely N-dealkylation sites (tertiary alicyclic amines) is 2. The Hall–Kier alpha value is -10.9. The maximum Gasteiger partial charge on any atom is 0.407 e. The van der Waals surface area contributed by atoms with E-state index in [2.05, 4.69) is 118 Å². The topological polar surface area (TPSA) is 316 Å². The maximum atomic E-state index is 13.7. The molecule has 1 saturated carbocycles. The molecule has 7 heterocycles. The number of ether oxygens (including phenoxy) is 3. The molecule has 3 saturated heterocycles. The first-order valence-electron chi connectivity index (χ1n) is 36.9. The van der Waals surface area contributed by atoms with E-state index >= 15 is 0 Å². The zero-order valence-corrected chi connectivity index (χ0v) is 61.6. The molecule has 23 heteroatoms. The number of methoxy groups -OCH3 is 3. The summed E-state index contributed by atoms with van der Waals surface area (Å²) in [4.78, 5) is 126. The average molecular weight is 1440 g/mol. The minimum atomic E-state index is -1.06. The molecule has 10 aromatic rings. The number of esters is 1. The van der Waals surface area contributed by atoms with Crippen LogP contribution in [0.15, 0.2) is 143 Å². The third-order valence-electron chi connectivity index (χ3n) is 21.3.